The molecule has 0 aromatic heterocycles. The minimum Gasteiger partial charge on any atom is -0.480 e. The Kier molecular flexibility index (Phi) is 7.74. The molecule has 1 unspecified atom stereocenters. The number of carboxylic acids is 1. The summed E-state index contributed by atoms with van der Waals surface area (Å²) in [6.45, 7) is 3.48. The summed E-state index contributed by atoms with van der Waals surface area (Å²) in [5, 5.41) is 19.9. The largest absolute Gasteiger partial charge is 0.480 e. The van der Waals surface area contributed by atoms with E-state index in [9.17, 15) is 9.59 Å². The lowest BCUT2D eigenvalue weighted by Gasteiger charge is -2.23. The number of carbonyl (C=O) groups excluding carboxylic acids is 1. The molecule has 0 aromatic carbocycles. The first-order valence-electron chi connectivity index (χ1n) is 5.05. The topological polar surface area (TPSA) is 99.1 Å². The summed E-state index contributed by atoms with van der Waals surface area (Å²) in [6, 6.07) is -1.69. The Hall–Kier alpha value is -1.60. The maximum absolute atomic E-state index is 11.6. The Morgan fingerprint density at radius 3 is 2.65 bits per heavy atom. The van der Waals surface area contributed by atoms with Gasteiger partial charge in [-0.05, 0) is 0 Å². The molecule has 0 saturated carbocycles. The van der Waals surface area contributed by atoms with Crippen molar-refractivity contribution in [3.63, 3.8) is 0 Å². The molecule has 0 fully saturated rings. The van der Waals surface area contributed by atoms with Crippen LogP contribution >= 0.6 is 0 Å². The molecule has 0 spiro atoms. The summed E-state index contributed by atoms with van der Waals surface area (Å²) in [6.07, 6.45) is 1.49. The smallest absolute Gasteiger partial charge is 0.328 e. The SMILES string of the molecule is C=CCN(CCO)C(=O)NC(COC)C(=O)O. The molecule has 0 aromatic rings. The predicted octanol–water partition coefficient (Wildman–Crippen LogP) is -0.724. The molecule has 98 valence electrons. The molecule has 0 aliphatic carbocycles. The van der Waals surface area contributed by atoms with E-state index in [0.29, 0.717) is 0 Å². The number of hydrogen-bond donors (Lipinski definition) is 3. The Balaban J connectivity index is 4.43. The summed E-state index contributed by atoms with van der Waals surface area (Å²) >= 11 is 0. The lowest BCUT2D eigenvalue weighted by atomic mass is 10.3. The fraction of sp³-hybridized carbons (Fsp3) is 0.600. The molecule has 3 N–H and O–H groups in total. The normalized spacial score (nSPS) is 11.6. The minimum atomic E-state index is -1.18. The molecule has 17 heavy (non-hydrogen) atoms. The Labute approximate surface area is 99.7 Å². The van der Waals surface area contributed by atoms with Crippen molar-refractivity contribution in [2.24, 2.45) is 0 Å². The van der Waals surface area contributed by atoms with Gasteiger partial charge in [0, 0.05) is 20.2 Å². The molecule has 0 radical (unpaired) electrons. The van der Waals surface area contributed by atoms with Gasteiger partial charge in [-0.2, -0.15) is 0 Å². The molecule has 7 heteroatoms. The number of aliphatic carboxylic acids is 1. The van der Waals surface area contributed by atoms with Crippen LogP contribution in [0.5, 0.6) is 0 Å². The van der Waals surface area contributed by atoms with E-state index in [1.165, 1.54) is 18.1 Å². The van der Waals surface area contributed by atoms with Gasteiger partial charge in [0.15, 0.2) is 6.04 Å². The summed E-state index contributed by atoms with van der Waals surface area (Å²) < 4.78 is 4.68. The highest BCUT2D eigenvalue weighted by Crippen LogP contribution is 1.93. The first-order valence-corrected chi connectivity index (χ1v) is 5.05. The maximum atomic E-state index is 11.6. The lowest BCUT2D eigenvalue weighted by molar-refractivity contribution is -0.140. The molecule has 2 amide bonds. The van der Waals surface area contributed by atoms with Crippen LogP contribution in [-0.2, 0) is 9.53 Å². The number of amides is 2. The third-order valence-electron chi connectivity index (χ3n) is 1.94. The molecular formula is C10H18N2O5. The zero-order valence-electron chi connectivity index (χ0n) is 9.76. The number of rotatable bonds is 8. The van der Waals surface area contributed by atoms with Crippen molar-refractivity contribution >= 4 is 12.0 Å². The third kappa shape index (κ3) is 5.88. The van der Waals surface area contributed by atoms with Crippen molar-refractivity contribution in [3.8, 4) is 0 Å². The van der Waals surface area contributed by atoms with E-state index >= 15 is 0 Å². The maximum Gasteiger partial charge on any atom is 0.328 e. The molecule has 0 heterocycles. The number of urea groups is 1. The minimum absolute atomic E-state index is 0.108. The second kappa shape index (κ2) is 8.54. The van der Waals surface area contributed by atoms with Crippen LogP contribution in [-0.4, -0.2) is 66.6 Å². The van der Waals surface area contributed by atoms with Crippen LogP contribution in [0, 0.1) is 0 Å². The van der Waals surface area contributed by atoms with E-state index in [1.807, 2.05) is 0 Å². The number of methoxy groups -OCH3 is 1. The third-order valence-corrected chi connectivity index (χ3v) is 1.94. The summed E-state index contributed by atoms with van der Waals surface area (Å²) in [5.74, 6) is -1.18. The highest BCUT2D eigenvalue weighted by Gasteiger charge is 2.22. The zero-order chi connectivity index (χ0) is 13.3. The number of nitrogens with one attached hydrogen (secondary N) is 1. The fourth-order valence-electron chi connectivity index (χ4n) is 1.13. The summed E-state index contributed by atoms with van der Waals surface area (Å²) in [4.78, 5) is 23.7. The van der Waals surface area contributed by atoms with E-state index < -0.39 is 18.0 Å². The van der Waals surface area contributed by atoms with Gasteiger partial charge in [0.2, 0.25) is 0 Å². The quantitative estimate of drug-likeness (QED) is 0.491. The standard InChI is InChI=1S/C10H18N2O5/c1-3-4-12(5-6-13)10(16)11-8(7-17-2)9(14)15/h3,8,13H,1,4-7H2,2H3,(H,11,16)(H,14,15). The molecule has 0 rings (SSSR count). The van der Waals surface area contributed by atoms with E-state index in [0.717, 1.165) is 0 Å². The second-order valence-corrected chi connectivity index (χ2v) is 3.25. The van der Waals surface area contributed by atoms with Crippen LogP contribution in [0.1, 0.15) is 0 Å². The van der Waals surface area contributed by atoms with Gasteiger partial charge in [-0.1, -0.05) is 6.08 Å². The Morgan fingerprint density at radius 1 is 1.59 bits per heavy atom. The fourth-order valence-corrected chi connectivity index (χ4v) is 1.13. The van der Waals surface area contributed by atoms with Gasteiger partial charge in [0.1, 0.15) is 0 Å². The van der Waals surface area contributed by atoms with Gasteiger partial charge in [0.25, 0.3) is 0 Å². The molecule has 0 aliphatic rings. The molecule has 0 bridgehead atoms. The van der Waals surface area contributed by atoms with Gasteiger partial charge in [-0.25, -0.2) is 9.59 Å². The van der Waals surface area contributed by atoms with Crippen molar-refractivity contribution in [1.82, 2.24) is 10.2 Å². The molecule has 1 atom stereocenters. The number of carboxylic acid groups (broad SMARTS) is 1. The molecular weight excluding hydrogens is 228 g/mol. The molecule has 7 nitrogen and oxygen atoms in total. The van der Waals surface area contributed by atoms with Crippen LogP contribution in [0.2, 0.25) is 0 Å². The molecule has 0 aliphatic heterocycles. The first kappa shape index (κ1) is 15.4. The van der Waals surface area contributed by atoms with E-state index in [1.54, 1.807) is 0 Å². The average Bonchev–Trinajstić information content (AvgIpc) is 2.28. The lowest BCUT2D eigenvalue weighted by Crippen LogP contribution is -2.50. The van der Waals surface area contributed by atoms with Gasteiger partial charge in [-0.3, -0.25) is 0 Å². The van der Waals surface area contributed by atoms with Crippen LogP contribution < -0.4 is 5.32 Å². The zero-order valence-corrected chi connectivity index (χ0v) is 9.76. The van der Waals surface area contributed by atoms with Crippen molar-refractivity contribution in [3.05, 3.63) is 12.7 Å². The van der Waals surface area contributed by atoms with Crippen molar-refractivity contribution < 1.29 is 24.5 Å². The highest BCUT2D eigenvalue weighted by atomic mass is 16.5. The van der Waals surface area contributed by atoms with Crippen molar-refractivity contribution in [2.75, 3.05) is 33.4 Å². The van der Waals surface area contributed by atoms with E-state index in [4.69, 9.17) is 10.2 Å². The van der Waals surface area contributed by atoms with Gasteiger partial charge in [0.05, 0.1) is 13.2 Å². The number of carbonyl (C=O) groups is 2. The summed E-state index contributed by atoms with van der Waals surface area (Å²) in [7, 11) is 1.34. The van der Waals surface area contributed by atoms with Crippen LogP contribution in [0.4, 0.5) is 4.79 Å². The van der Waals surface area contributed by atoms with Crippen LogP contribution in [0.25, 0.3) is 0 Å². The van der Waals surface area contributed by atoms with Gasteiger partial charge >= 0.3 is 12.0 Å². The van der Waals surface area contributed by atoms with Crippen LogP contribution in [0.3, 0.4) is 0 Å². The monoisotopic (exact) mass is 246 g/mol. The average molecular weight is 246 g/mol. The predicted molar refractivity (Wildman–Crippen MR) is 60.7 cm³/mol. The number of aliphatic hydroxyl groups is 1. The van der Waals surface area contributed by atoms with Gasteiger partial charge in [-0.15, -0.1) is 6.58 Å². The Morgan fingerprint density at radius 2 is 2.24 bits per heavy atom. The van der Waals surface area contributed by atoms with E-state index in [-0.39, 0.29) is 26.3 Å². The van der Waals surface area contributed by atoms with E-state index in [2.05, 4.69) is 16.6 Å². The first-order chi connectivity index (χ1) is 8.06. The highest BCUT2D eigenvalue weighted by molar-refractivity contribution is 5.82. The van der Waals surface area contributed by atoms with Crippen molar-refractivity contribution in [2.45, 2.75) is 6.04 Å². The van der Waals surface area contributed by atoms with Crippen LogP contribution in [0.15, 0.2) is 12.7 Å². The Bertz CT molecular complexity index is 269. The number of aliphatic hydroxyl groups excluding tert-OH is 1. The number of ether oxygens (including phenoxy) is 1. The van der Waals surface area contributed by atoms with Gasteiger partial charge < -0.3 is 25.2 Å². The van der Waals surface area contributed by atoms with Crippen molar-refractivity contribution in [1.29, 1.82) is 0 Å². The molecule has 0 saturated heterocycles. The number of hydrogen-bond acceptors (Lipinski definition) is 4. The second-order valence-electron chi connectivity index (χ2n) is 3.25. The number of nitrogens with zero attached hydrogens (tertiary/aromatic N) is 1. The summed E-state index contributed by atoms with van der Waals surface area (Å²) in [5.41, 5.74) is 0.